The van der Waals surface area contributed by atoms with Crippen molar-refractivity contribution < 1.29 is 9.53 Å². The van der Waals surface area contributed by atoms with Crippen LogP contribution in [0.5, 0.6) is 5.88 Å². The second-order valence-electron chi connectivity index (χ2n) is 6.22. The molecule has 1 saturated heterocycles. The third kappa shape index (κ3) is 4.29. The van der Waals surface area contributed by atoms with Gasteiger partial charge in [-0.1, -0.05) is 6.07 Å². The van der Waals surface area contributed by atoms with Gasteiger partial charge in [-0.15, -0.1) is 0 Å². The molecule has 2 amide bonds. The largest absolute Gasteiger partial charge is 0.481 e. The molecular formula is C18H25N5O2. The summed E-state index contributed by atoms with van der Waals surface area (Å²) < 4.78 is 7.05. The molecule has 2 aromatic heterocycles. The van der Waals surface area contributed by atoms with E-state index in [0.29, 0.717) is 18.3 Å². The van der Waals surface area contributed by atoms with Crippen molar-refractivity contribution in [3.63, 3.8) is 0 Å². The van der Waals surface area contributed by atoms with Crippen molar-refractivity contribution in [1.82, 2.24) is 25.0 Å². The number of piperidine rings is 1. The van der Waals surface area contributed by atoms with Gasteiger partial charge in [0.1, 0.15) is 0 Å². The van der Waals surface area contributed by atoms with E-state index in [1.807, 2.05) is 27.9 Å². The minimum Gasteiger partial charge on any atom is -0.481 e. The number of hydrogen-bond acceptors (Lipinski definition) is 4. The summed E-state index contributed by atoms with van der Waals surface area (Å²) in [6.45, 7) is 4.90. The van der Waals surface area contributed by atoms with Gasteiger partial charge in [0, 0.05) is 31.9 Å². The van der Waals surface area contributed by atoms with Crippen LogP contribution in [-0.2, 0) is 13.1 Å². The maximum atomic E-state index is 12.4. The lowest BCUT2D eigenvalue weighted by Crippen LogP contribution is -2.43. The van der Waals surface area contributed by atoms with Gasteiger partial charge in [-0.2, -0.15) is 5.10 Å². The van der Waals surface area contributed by atoms with E-state index >= 15 is 0 Å². The van der Waals surface area contributed by atoms with Gasteiger partial charge in [-0.05, 0) is 37.3 Å². The van der Waals surface area contributed by atoms with Gasteiger partial charge >= 0.3 is 6.03 Å². The number of nitrogens with zero attached hydrogens (tertiary/aromatic N) is 4. The molecular weight excluding hydrogens is 318 g/mol. The highest BCUT2D eigenvalue weighted by Gasteiger charge is 2.24. The number of urea groups is 1. The Morgan fingerprint density at radius 3 is 2.84 bits per heavy atom. The first-order valence-corrected chi connectivity index (χ1v) is 8.74. The molecule has 1 fully saturated rings. The lowest BCUT2D eigenvalue weighted by molar-refractivity contribution is 0.181. The number of carbonyl (C=O) groups is 1. The van der Waals surface area contributed by atoms with E-state index in [1.165, 1.54) is 5.56 Å². The van der Waals surface area contributed by atoms with Gasteiger partial charge in [-0.25, -0.2) is 9.78 Å². The Labute approximate surface area is 148 Å². The van der Waals surface area contributed by atoms with Gasteiger partial charge in [0.15, 0.2) is 0 Å². The Morgan fingerprint density at radius 2 is 2.16 bits per heavy atom. The average molecular weight is 343 g/mol. The summed E-state index contributed by atoms with van der Waals surface area (Å²) in [7, 11) is 1.58. The number of pyridine rings is 1. The zero-order valence-corrected chi connectivity index (χ0v) is 14.8. The van der Waals surface area contributed by atoms with Crippen LogP contribution in [0.3, 0.4) is 0 Å². The number of aryl methyl sites for hydroxylation is 1. The zero-order chi connectivity index (χ0) is 17.6. The number of nitrogens with one attached hydrogen (secondary N) is 1. The van der Waals surface area contributed by atoms with E-state index in [-0.39, 0.29) is 6.03 Å². The first kappa shape index (κ1) is 17.3. The fourth-order valence-corrected chi connectivity index (χ4v) is 3.13. The van der Waals surface area contributed by atoms with Gasteiger partial charge < -0.3 is 15.0 Å². The maximum Gasteiger partial charge on any atom is 0.317 e. The maximum absolute atomic E-state index is 12.4. The van der Waals surface area contributed by atoms with Crippen LogP contribution in [-0.4, -0.2) is 45.9 Å². The summed E-state index contributed by atoms with van der Waals surface area (Å²) >= 11 is 0. The van der Waals surface area contributed by atoms with E-state index < -0.39 is 0 Å². The number of ether oxygens (including phenoxy) is 1. The van der Waals surface area contributed by atoms with Crippen molar-refractivity contribution in [1.29, 1.82) is 0 Å². The summed E-state index contributed by atoms with van der Waals surface area (Å²) in [6.07, 6.45) is 6.02. The standard InChI is InChI=1S/C18H25N5O2/c1-3-23-13-15(11-20-23)14-7-9-22(10-8-14)18(24)19-12-16-5-4-6-17(21-16)25-2/h4-6,11,13-14H,3,7-10,12H2,1-2H3,(H,19,24). The van der Waals surface area contributed by atoms with Crippen molar-refractivity contribution in [3.8, 4) is 5.88 Å². The van der Waals surface area contributed by atoms with Crippen molar-refractivity contribution in [2.75, 3.05) is 20.2 Å². The summed E-state index contributed by atoms with van der Waals surface area (Å²) in [5, 5.41) is 7.29. The average Bonchev–Trinajstić information content (AvgIpc) is 3.15. The highest BCUT2D eigenvalue weighted by molar-refractivity contribution is 5.74. The molecule has 3 heterocycles. The van der Waals surface area contributed by atoms with Gasteiger partial charge in [0.05, 0.1) is 25.5 Å². The molecule has 1 N–H and O–H groups in total. The molecule has 0 bridgehead atoms. The summed E-state index contributed by atoms with van der Waals surface area (Å²) in [6, 6.07) is 5.50. The predicted molar refractivity (Wildman–Crippen MR) is 94.5 cm³/mol. The lowest BCUT2D eigenvalue weighted by atomic mass is 9.92. The fraction of sp³-hybridized carbons (Fsp3) is 0.500. The molecule has 1 aliphatic rings. The van der Waals surface area contributed by atoms with E-state index in [9.17, 15) is 4.79 Å². The van der Waals surface area contributed by atoms with Gasteiger partial charge in [0.2, 0.25) is 5.88 Å². The third-order valence-electron chi connectivity index (χ3n) is 4.64. The first-order chi connectivity index (χ1) is 12.2. The second kappa shape index (κ2) is 8.00. The van der Waals surface area contributed by atoms with Crippen molar-refractivity contribution in [2.45, 2.75) is 38.8 Å². The van der Waals surface area contributed by atoms with Crippen molar-refractivity contribution in [2.24, 2.45) is 0 Å². The van der Waals surface area contributed by atoms with Crippen LogP contribution in [0.25, 0.3) is 0 Å². The summed E-state index contributed by atoms with van der Waals surface area (Å²) in [4.78, 5) is 18.5. The number of hydrogen-bond donors (Lipinski definition) is 1. The molecule has 0 spiro atoms. The third-order valence-corrected chi connectivity index (χ3v) is 4.64. The monoisotopic (exact) mass is 343 g/mol. The Balaban J connectivity index is 1.48. The van der Waals surface area contributed by atoms with Crippen LogP contribution in [0.1, 0.15) is 36.9 Å². The smallest absolute Gasteiger partial charge is 0.317 e. The fourth-order valence-electron chi connectivity index (χ4n) is 3.13. The quantitative estimate of drug-likeness (QED) is 0.905. The number of aromatic nitrogens is 3. The topological polar surface area (TPSA) is 72.3 Å². The highest BCUT2D eigenvalue weighted by atomic mass is 16.5. The molecule has 0 saturated carbocycles. The molecule has 0 aromatic carbocycles. The van der Waals surface area contributed by atoms with Crippen LogP contribution in [0.15, 0.2) is 30.6 Å². The number of rotatable bonds is 5. The number of carbonyl (C=O) groups excluding carboxylic acids is 1. The van der Waals surface area contributed by atoms with Crippen molar-refractivity contribution >= 4 is 6.03 Å². The second-order valence-corrected chi connectivity index (χ2v) is 6.22. The van der Waals surface area contributed by atoms with Crippen LogP contribution in [0.4, 0.5) is 4.79 Å². The minimum absolute atomic E-state index is 0.0349. The number of amides is 2. The molecule has 1 aliphatic heterocycles. The van der Waals surface area contributed by atoms with Crippen molar-refractivity contribution in [3.05, 3.63) is 41.9 Å². The minimum atomic E-state index is -0.0349. The molecule has 7 heteroatoms. The molecule has 0 unspecified atom stereocenters. The van der Waals surface area contributed by atoms with E-state index in [2.05, 4.69) is 28.5 Å². The molecule has 0 atom stereocenters. The zero-order valence-electron chi connectivity index (χ0n) is 14.8. The van der Waals surface area contributed by atoms with Gasteiger partial charge in [0.25, 0.3) is 0 Å². The van der Waals surface area contributed by atoms with E-state index in [0.717, 1.165) is 38.2 Å². The van der Waals surface area contributed by atoms with Crippen LogP contribution in [0.2, 0.25) is 0 Å². The molecule has 0 aliphatic carbocycles. The molecule has 0 radical (unpaired) electrons. The molecule has 25 heavy (non-hydrogen) atoms. The Morgan fingerprint density at radius 1 is 1.36 bits per heavy atom. The first-order valence-electron chi connectivity index (χ1n) is 8.74. The van der Waals surface area contributed by atoms with E-state index in [4.69, 9.17) is 4.74 Å². The van der Waals surface area contributed by atoms with Crippen LogP contribution >= 0.6 is 0 Å². The Kier molecular flexibility index (Phi) is 5.53. The highest BCUT2D eigenvalue weighted by Crippen LogP contribution is 2.27. The normalized spacial score (nSPS) is 15.2. The molecule has 134 valence electrons. The predicted octanol–water partition coefficient (Wildman–Crippen LogP) is 2.40. The van der Waals surface area contributed by atoms with Crippen LogP contribution in [0, 0.1) is 0 Å². The number of likely N-dealkylation sites (tertiary alicyclic amines) is 1. The Bertz CT molecular complexity index is 707. The molecule has 3 rings (SSSR count). The SMILES string of the molecule is CCn1cc(C2CCN(C(=O)NCc3cccc(OC)n3)CC2)cn1. The van der Waals surface area contributed by atoms with E-state index in [1.54, 1.807) is 13.2 Å². The number of methoxy groups -OCH3 is 1. The lowest BCUT2D eigenvalue weighted by Gasteiger charge is -2.31. The van der Waals surface area contributed by atoms with Crippen LogP contribution < -0.4 is 10.1 Å². The molecule has 2 aromatic rings. The molecule has 7 nitrogen and oxygen atoms in total. The summed E-state index contributed by atoms with van der Waals surface area (Å²) in [5.41, 5.74) is 2.07. The van der Waals surface area contributed by atoms with Gasteiger partial charge in [-0.3, -0.25) is 4.68 Å². The summed E-state index contributed by atoms with van der Waals surface area (Å²) in [5.74, 6) is 1.05. The Hall–Kier alpha value is -2.57.